The molecule has 1 aliphatic heterocycles. The lowest BCUT2D eigenvalue weighted by Gasteiger charge is -2.31. The van der Waals surface area contributed by atoms with E-state index in [9.17, 15) is 0 Å². The predicted molar refractivity (Wildman–Crippen MR) is 77.6 cm³/mol. The van der Waals surface area contributed by atoms with Gasteiger partial charge in [0.15, 0.2) is 0 Å². The summed E-state index contributed by atoms with van der Waals surface area (Å²) in [5.74, 6) is 1.59. The summed E-state index contributed by atoms with van der Waals surface area (Å²) in [5.41, 5.74) is 2.87. The number of benzene rings is 1. The van der Waals surface area contributed by atoms with Gasteiger partial charge in [-0.2, -0.15) is 0 Å². The molecular weight excluding hydrogens is 266 g/mol. The van der Waals surface area contributed by atoms with Crippen molar-refractivity contribution >= 4 is 11.0 Å². The summed E-state index contributed by atoms with van der Waals surface area (Å²) in [6.45, 7) is 3.01. The van der Waals surface area contributed by atoms with Gasteiger partial charge < -0.3 is 4.98 Å². The second kappa shape index (κ2) is 5.29. The van der Waals surface area contributed by atoms with Crippen LogP contribution in [0.3, 0.4) is 0 Å². The third-order valence-electron chi connectivity index (χ3n) is 4.18. The van der Waals surface area contributed by atoms with Crippen LogP contribution in [0.2, 0.25) is 0 Å². The maximum atomic E-state index is 4.84. The SMILES string of the molecule is c1cc(CN2CCCC(c3ncc[nH]3)C2)c2nonc2c1. The first-order valence-corrected chi connectivity index (χ1v) is 7.32. The van der Waals surface area contributed by atoms with Crippen LogP contribution >= 0.6 is 0 Å². The maximum Gasteiger partial charge on any atom is 0.139 e. The number of nitrogens with zero attached hydrogens (tertiary/aromatic N) is 4. The summed E-state index contributed by atoms with van der Waals surface area (Å²) in [7, 11) is 0. The van der Waals surface area contributed by atoms with Crippen LogP contribution in [0.1, 0.15) is 30.1 Å². The van der Waals surface area contributed by atoms with E-state index in [-0.39, 0.29) is 0 Å². The van der Waals surface area contributed by atoms with Gasteiger partial charge in [0.2, 0.25) is 0 Å². The molecule has 1 unspecified atom stereocenters. The van der Waals surface area contributed by atoms with Crippen molar-refractivity contribution in [1.82, 2.24) is 25.2 Å². The average Bonchev–Trinajstić information content (AvgIpc) is 3.20. The normalized spacial score (nSPS) is 20.1. The number of imidazole rings is 1. The number of hydrogen-bond donors (Lipinski definition) is 1. The maximum absolute atomic E-state index is 4.84. The molecule has 6 nitrogen and oxygen atoms in total. The zero-order chi connectivity index (χ0) is 14.1. The van der Waals surface area contributed by atoms with E-state index in [2.05, 4.69) is 31.2 Å². The standard InChI is InChI=1S/C15H17N5O/c1-3-11(14-13(5-1)18-21-19-14)9-20-8-2-4-12(10-20)15-16-6-7-17-15/h1,3,5-7,12H,2,4,8-10H2,(H,16,17). The fourth-order valence-corrected chi connectivity index (χ4v) is 3.15. The van der Waals surface area contributed by atoms with E-state index < -0.39 is 0 Å². The van der Waals surface area contributed by atoms with Gasteiger partial charge in [-0.05, 0) is 41.3 Å². The summed E-state index contributed by atoms with van der Waals surface area (Å²) in [6.07, 6.45) is 6.12. The minimum Gasteiger partial charge on any atom is -0.348 e. The fourth-order valence-electron chi connectivity index (χ4n) is 3.15. The summed E-state index contributed by atoms with van der Waals surface area (Å²) >= 11 is 0. The zero-order valence-corrected chi connectivity index (χ0v) is 11.7. The lowest BCUT2D eigenvalue weighted by Crippen LogP contribution is -2.34. The molecule has 4 rings (SSSR count). The van der Waals surface area contributed by atoms with Gasteiger partial charge in [-0.15, -0.1) is 0 Å². The average molecular weight is 283 g/mol. The Kier molecular flexibility index (Phi) is 3.16. The molecule has 0 spiro atoms. The molecule has 0 radical (unpaired) electrons. The highest BCUT2D eigenvalue weighted by Crippen LogP contribution is 2.26. The summed E-state index contributed by atoms with van der Waals surface area (Å²) in [6, 6.07) is 6.04. The molecule has 2 aromatic heterocycles. The lowest BCUT2D eigenvalue weighted by atomic mass is 9.97. The Bertz CT molecular complexity index is 721. The van der Waals surface area contributed by atoms with Crippen molar-refractivity contribution < 1.29 is 4.63 Å². The zero-order valence-electron chi connectivity index (χ0n) is 11.7. The molecule has 0 aliphatic carbocycles. The van der Waals surface area contributed by atoms with Gasteiger partial charge in [-0.3, -0.25) is 4.90 Å². The summed E-state index contributed by atoms with van der Waals surface area (Å²) in [5, 5.41) is 7.93. The summed E-state index contributed by atoms with van der Waals surface area (Å²) in [4.78, 5) is 10.1. The second-order valence-electron chi connectivity index (χ2n) is 5.60. The van der Waals surface area contributed by atoms with Gasteiger partial charge in [-0.1, -0.05) is 12.1 Å². The highest BCUT2D eigenvalue weighted by molar-refractivity contribution is 5.76. The Balaban J connectivity index is 1.53. The Morgan fingerprint density at radius 2 is 2.33 bits per heavy atom. The molecule has 0 amide bonds. The molecule has 0 saturated carbocycles. The van der Waals surface area contributed by atoms with Crippen LogP contribution in [-0.4, -0.2) is 38.3 Å². The number of nitrogens with one attached hydrogen (secondary N) is 1. The van der Waals surface area contributed by atoms with E-state index in [4.69, 9.17) is 4.63 Å². The first-order chi connectivity index (χ1) is 10.4. The Labute approximate surface area is 122 Å². The van der Waals surface area contributed by atoms with Crippen LogP contribution in [-0.2, 0) is 6.54 Å². The lowest BCUT2D eigenvalue weighted by molar-refractivity contribution is 0.197. The topological polar surface area (TPSA) is 70.8 Å². The van der Waals surface area contributed by atoms with Crippen LogP contribution in [0.25, 0.3) is 11.0 Å². The van der Waals surface area contributed by atoms with Crippen molar-refractivity contribution in [3.05, 3.63) is 42.0 Å². The number of aromatic amines is 1. The second-order valence-corrected chi connectivity index (χ2v) is 5.60. The molecule has 21 heavy (non-hydrogen) atoms. The first kappa shape index (κ1) is 12.5. The number of hydrogen-bond acceptors (Lipinski definition) is 5. The van der Waals surface area contributed by atoms with Gasteiger partial charge in [0.25, 0.3) is 0 Å². The molecular formula is C15H17N5O. The molecule has 3 aromatic rings. The van der Waals surface area contributed by atoms with Crippen LogP contribution in [0.5, 0.6) is 0 Å². The third kappa shape index (κ3) is 2.42. The molecule has 3 heterocycles. The Morgan fingerprint density at radius 1 is 1.33 bits per heavy atom. The number of fused-ring (bicyclic) bond motifs is 1. The molecule has 1 fully saturated rings. The molecule has 1 saturated heterocycles. The van der Waals surface area contributed by atoms with E-state index in [1.807, 2.05) is 24.5 Å². The fraction of sp³-hybridized carbons (Fsp3) is 0.400. The van der Waals surface area contributed by atoms with E-state index in [0.29, 0.717) is 5.92 Å². The molecule has 1 N–H and O–H groups in total. The van der Waals surface area contributed by atoms with E-state index >= 15 is 0 Å². The smallest absolute Gasteiger partial charge is 0.139 e. The van der Waals surface area contributed by atoms with Gasteiger partial charge in [0.1, 0.15) is 16.9 Å². The van der Waals surface area contributed by atoms with Gasteiger partial charge in [-0.25, -0.2) is 9.61 Å². The number of piperidine rings is 1. The number of aromatic nitrogens is 4. The molecule has 1 aliphatic rings. The molecule has 108 valence electrons. The first-order valence-electron chi connectivity index (χ1n) is 7.32. The minimum absolute atomic E-state index is 0.489. The van der Waals surface area contributed by atoms with Gasteiger partial charge in [0.05, 0.1) is 0 Å². The van der Waals surface area contributed by atoms with Gasteiger partial charge in [0, 0.05) is 31.4 Å². The molecule has 1 aromatic carbocycles. The predicted octanol–water partition coefficient (Wildman–Crippen LogP) is 2.33. The highest BCUT2D eigenvalue weighted by Gasteiger charge is 2.23. The van der Waals surface area contributed by atoms with Crippen molar-refractivity contribution in [2.24, 2.45) is 0 Å². The number of H-pyrrole nitrogens is 1. The molecule has 6 heteroatoms. The number of likely N-dealkylation sites (tertiary alicyclic amines) is 1. The number of rotatable bonds is 3. The molecule has 0 bridgehead atoms. The Hall–Kier alpha value is -2.21. The van der Waals surface area contributed by atoms with Crippen molar-refractivity contribution in [1.29, 1.82) is 0 Å². The van der Waals surface area contributed by atoms with E-state index in [0.717, 1.165) is 36.5 Å². The van der Waals surface area contributed by atoms with Gasteiger partial charge >= 0.3 is 0 Å². The van der Waals surface area contributed by atoms with Crippen molar-refractivity contribution in [2.75, 3.05) is 13.1 Å². The minimum atomic E-state index is 0.489. The van der Waals surface area contributed by atoms with Crippen molar-refractivity contribution in [3.63, 3.8) is 0 Å². The summed E-state index contributed by atoms with van der Waals surface area (Å²) < 4.78 is 4.84. The largest absolute Gasteiger partial charge is 0.348 e. The monoisotopic (exact) mass is 283 g/mol. The van der Waals surface area contributed by atoms with Crippen LogP contribution in [0, 0.1) is 0 Å². The van der Waals surface area contributed by atoms with Crippen LogP contribution in [0.15, 0.2) is 35.2 Å². The Morgan fingerprint density at radius 3 is 3.24 bits per heavy atom. The van der Waals surface area contributed by atoms with Crippen LogP contribution in [0.4, 0.5) is 0 Å². The molecule has 1 atom stereocenters. The quantitative estimate of drug-likeness (QED) is 0.798. The highest BCUT2D eigenvalue weighted by atomic mass is 16.6. The van der Waals surface area contributed by atoms with E-state index in [1.54, 1.807) is 0 Å². The van der Waals surface area contributed by atoms with E-state index in [1.165, 1.54) is 18.4 Å². The van der Waals surface area contributed by atoms with Crippen molar-refractivity contribution in [3.8, 4) is 0 Å². The van der Waals surface area contributed by atoms with Crippen LogP contribution < -0.4 is 0 Å². The van der Waals surface area contributed by atoms with Crippen molar-refractivity contribution in [2.45, 2.75) is 25.3 Å². The third-order valence-corrected chi connectivity index (χ3v) is 4.18.